The minimum Gasteiger partial charge on any atom is -0.469 e. The van der Waals surface area contributed by atoms with E-state index in [1.807, 2.05) is 19.1 Å². The van der Waals surface area contributed by atoms with Crippen LogP contribution in [0.5, 0.6) is 0 Å². The summed E-state index contributed by atoms with van der Waals surface area (Å²) in [6.07, 6.45) is 6.18. The number of nitrogens with zero attached hydrogens (tertiary/aromatic N) is 1. The lowest BCUT2D eigenvalue weighted by molar-refractivity contribution is -0.149. The van der Waals surface area contributed by atoms with Crippen molar-refractivity contribution in [3.63, 3.8) is 0 Å². The summed E-state index contributed by atoms with van der Waals surface area (Å²) in [6.45, 7) is 3.08. The van der Waals surface area contributed by atoms with Gasteiger partial charge in [-0.15, -0.1) is 24.0 Å². The molecule has 1 fully saturated rings. The Hall–Kier alpha value is -1.25. The third-order valence-electron chi connectivity index (χ3n) is 4.16. The average Bonchev–Trinajstić information content (AvgIpc) is 3.08. The van der Waals surface area contributed by atoms with E-state index in [0.717, 1.165) is 50.4 Å². The number of aliphatic imine (C=N–C) groups is 1. The van der Waals surface area contributed by atoms with Gasteiger partial charge in [0.1, 0.15) is 5.76 Å². The second kappa shape index (κ2) is 11.3. The van der Waals surface area contributed by atoms with Crippen LogP contribution in [0.4, 0.5) is 0 Å². The Balaban J connectivity index is 0.00000288. The molecule has 7 heteroatoms. The molecule has 0 bridgehead atoms. The van der Waals surface area contributed by atoms with Gasteiger partial charge in [-0.25, -0.2) is 0 Å². The van der Waals surface area contributed by atoms with Crippen LogP contribution in [0.15, 0.2) is 27.8 Å². The normalized spacial score (nSPS) is 20.8. The number of carbonyl (C=O) groups excluding carboxylic acids is 1. The zero-order valence-electron chi connectivity index (χ0n) is 14.4. The highest BCUT2D eigenvalue weighted by molar-refractivity contribution is 14.0. The molecule has 1 heterocycles. The van der Waals surface area contributed by atoms with Crippen LogP contribution in [-0.2, 0) is 16.0 Å². The molecule has 0 amide bonds. The fourth-order valence-corrected chi connectivity index (χ4v) is 2.88. The van der Waals surface area contributed by atoms with E-state index in [4.69, 9.17) is 9.15 Å². The summed E-state index contributed by atoms with van der Waals surface area (Å²) in [6, 6.07) is 4.22. The molecule has 0 spiro atoms. The number of guanidine groups is 1. The summed E-state index contributed by atoms with van der Waals surface area (Å²) in [5.41, 5.74) is 0. The summed E-state index contributed by atoms with van der Waals surface area (Å²) in [5, 5.41) is 6.73. The highest BCUT2D eigenvalue weighted by Crippen LogP contribution is 2.25. The topological polar surface area (TPSA) is 75.9 Å². The lowest BCUT2D eigenvalue weighted by Crippen LogP contribution is -2.45. The Labute approximate surface area is 160 Å². The van der Waals surface area contributed by atoms with E-state index in [1.165, 1.54) is 0 Å². The lowest BCUT2D eigenvalue weighted by atomic mass is 9.86. The third-order valence-corrected chi connectivity index (χ3v) is 4.16. The van der Waals surface area contributed by atoms with Gasteiger partial charge in [-0.05, 0) is 44.7 Å². The Bertz CT molecular complexity index is 497. The summed E-state index contributed by atoms with van der Waals surface area (Å²) in [4.78, 5) is 16.0. The maximum Gasteiger partial charge on any atom is 0.308 e. The first-order valence-electron chi connectivity index (χ1n) is 8.39. The maximum absolute atomic E-state index is 11.7. The predicted octanol–water partition coefficient (Wildman–Crippen LogP) is 2.73. The van der Waals surface area contributed by atoms with Gasteiger partial charge < -0.3 is 19.8 Å². The van der Waals surface area contributed by atoms with E-state index in [9.17, 15) is 4.79 Å². The van der Waals surface area contributed by atoms with Crippen LogP contribution in [0.1, 0.15) is 38.4 Å². The molecule has 0 saturated heterocycles. The number of carbonyl (C=O) groups is 1. The summed E-state index contributed by atoms with van der Waals surface area (Å²) in [5.74, 6) is 1.77. The standard InChI is InChI=1S/C17H27N3O3.HI/c1-3-22-16(21)13-6-8-14(9-7-13)20-17(18-2)19-11-10-15-5-4-12-23-15;/h4-5,12-14H,3,6-11H2,1-2H3,(H2,18,19,20);1H. The first-order valence-corrected chi connectivity index (χ1v) is 8.39. The van der Waals surface area contributed by atoms with Crippen LogP contribution in [0.25, 0.3) is 0 Å². The minimum absolute atomic E-state index is 0. The van der Waals surface area contributed by atoms with E-state index in [2.05, 4.69) is 15.6 Å². The lowest BCUT2D eigenvalue weighted by Gasteiger charge is -2.29. The second-order valence-electron chi connectivity index (χ2n) is 5.77. The first-order chi connectivity index (χ1) is 11.2. The quantitative estimate of drug-likeness (QED) is 0.302. The van der Waals surface area contributed by atoms with Crippen molar-refractivity contribution in [2.24, 2.45) is 10.9 Å². The minimum atomic E-state index is -0.0492. The number of hydrogen-bond donors (Lipinski definition) is 2. The zero-order valence-corrected chi connectivity index (χ0v) is 16.7. The van der Waals surface area contributed by atoms with Crippen molar-refractivity contribution in [3.05, 3.63) is 24.2 Å². The van der Waals surface area contributed by atoms with Crippen molar-refractivity contribution in [1.82, 2.24) is 10.6 Å². The van der Waals surface area contributed by atoms with Gasteiger partial charge in [-0.1, -0.05) is 0 Å². The van der Waals surface area contributed by atoms with Gasteiger partial charge in [0, 0.05) is 26.1 Å². The molecule has 0 aliphatic heterocycles. The highest BCUT2D eigenvalue weighted by Gasteiger charge is 2.27. The molecule has 6 nitrogen and oxygen atoms in total. The molecule has 0 aromatic carbocycles. The molecule has 2 rings (SSSR count). The molecule has 1 saturated carbocycles. The molecule has 136 valence electrons. The Morgan fingerprint density at radius 2 is 2.12 bits per heavy atom. The second-order valence-corrected chi connectivity index (χ2v) is 5.77. The van der Waals surface area contributed by atoms with Crippen LogP contribution in [0.3, 0.4) is 0 Å². The van der Waals surface area contributed by atoms with E-state index in [1.54, 1.807) is 13.3 Å². The monoisotopic (exact) mass is 449 g/mol. The average molecular weight is 449 g/mol. The predicted molar refractivity (Wildman–Crippen MR) is 105 cm³/mol. The third kappa shape index (κ3) is 6.70. The first kappa shape index (κ1) is 20.8. The molecule has 1 aliphatic carbocycles. The molecule has 2 N–H and O–H groups in total. The summed E-state index contributed by atoms with van der Waals surface area (Å²) >= 11 is 0. The molecular weight excluding hydrogens is 421 g/mol. The van der Waals surface area contributed by atoms with E-state index >= 15 is 0 Å². The number of furan rings is 1. The van der Waals surface area contributed by atoms with Crippen molar-refractivity contribution < 1.29 is 13.9 Å². The Morgan fingerprint density at radius 3 is 2.71 bits per heavy atom. The van der Waals surface area contributed by atoms with Crippen molar-refractivity contribution in [3.8, 4) is 0 Å². The van der Waals surface area contributed by atoms with E-state index in [-0.39, 0.29) is 35.9 Å². The maximum atomic E-state index is 11.7. The van der Waals surface area contributed by atoms with Crippen LogP contribution < -0.4 is 10.6 Å². The highest BCUT2D eigenvalue weighted by atomic mass is 127. The molecule has 1 aliphatic rings. The van der Waals surface area contributed by atoms with Crippen molar-refractivity contribution in [1.29, 1.82) is 0 Å². The molecule has 1 aromatic heterocycles. The van der Waals surface area contributed by atoms with Gasteiger partial charge in [0.25, 0.3) is 0 Å². The largest absolute Gasteiger partial charge is 0.469 e. The molecule has 0 radical (unpaired) electrons. The smallest absolute Gasteiger partial charge is 0.308 e. The van der Waals surface area contributed by atoms with E-state index < -0.39 is 0 Å². The Kier molecular flexibility index (Phi) is 9.82. The SMILES string of the molecule is CCOC(=O)C1CCC(NC(=NC)NCCc2ccco2)CC1.I. The number of hydrogen-bond acceptors (Lipinski definition) is 4. The van der Waals surface area contributed by atoms with Crippen molar-refractivity contribution in [2.45, 2.75) is 45.1 Å². The number of esters is 1. The zero-order chi connectivity index (χ0) is 16.5. The van der Waals surface area contributed by atoms with Crippen LogP contribution >= 0.6 is 24.0 Å². The molecule has 0 unspecified atom stereocenters. The summed E-state index contributed by atoms with van der Waals surface area (Å²) in [7, 11) is 1.77. The van der Waals surface area contributed by atoms with Crippen LogP contribution in [0, 0.1) is 5.92 Å². The molecular formula is C17H28IN3O3. The molecule has 24 heavy (non-hydrogen) atoms. The van der Waals surface area contributed by atoms with Crippen LogP contribution in [-0.4, -0.2) is 38.2 Å². The van der Waals surface area contributed by atoms with Gasteiger partial charge in [-0.3, -0.25) is 9.79 Å². The van der Waals surface area contributed by atoms with Crippen molar-refractivity contribution in [2.75, 3.05) is 20.2 Å². The van der Waals surface area contributed by atoms with Gasteiger partial charge in [0.2, 0.25) is 0 Å². The molecule has 0 atom stereocenters. The number of rotatable bonds is 6. The van der Waals surface area contributed by atoms with Gasteiger partial charge in [-0.2, -0.15) is 0 Å². The number of nitrogens with one attached hydrogen (secondary N) is 2. The van der Waals surface area contributed by atoms with E-state index in [0.29, 0.717) is 12.6 Å². The van der Waals surface area contributed by atoms with Gasteiger partial charge in [0.05, 0.1) is 18.8 Å². The van der Waals surface area contributed by atoms with Crippen LogP contribution in [0.2, 0.25) is 0 Å². The number of ether oxygens (including phenoxy) is 1. The van der Waals surface area contributed by atoms with Gasteiger partial charge >= 0.3 is 5.97 Å². The Morgan fingerprint density at radius 1 is 1.38 bits per heavy atom. The van der Waals surface area contributed by atoms with Gasteiger partial charge in [0.15, 0.2) is 5.96 Å². The molecule has 1 aromatic rings. The summed E-state index contributed by atoms with van der Waals surface area (Å²) < 4.78 is 10.4. The fourth-order valence-electron chi connectivity index (χ4n) is 2.88. The fraction of sp³-hybridized carbons (Fsp3) is 0.647. The van der Waals surface area contributed by atoms with Crippen molar-refractivity contribution >= 4 is 35.9 Å². The number of halogens is 1.